The summed E-state index contributed by atoms with van der Waals surface area (Å²) in [5.41, 5.74) is 9.33. The van der Waals surface area contributed by atoms with Crippen LogP contribution in [0.15, 0.2) is 54.7 Å². The highest BCUT2D eigenvalue weighted by Crippen LogP contribution is 2.20. The van der Waals surface area contributed by atoms with Crippen molar-refractivity contribution in [2.24, 2.45) is 5.73 Å². The highest BCUT2D eigenvalue weighted by Gasteiger charge is 2.05. The topological polar surface area (TPSA) is 38.9 Å². The molecule has 0 saturated heterocycles. The van der Waals surface area contributed by atoms with E-state index in [-0.39, 0.29) is 12.4 Å². The van der Waals surface area contributed by atoms with Crippen LogP contribution in [0.2, 0.25) is 0 Å². The van der Waals surface area contributed by atoms with E-state index in [1.807, 2.05) is 42.6 Å². The minimum Gasteiger partial charge on any atom is -0.326 e. The van der Waals surface area contributed by atoms with E-state index < -0.39 is 0 Å². The van der Waals surface area contributed by atoms with Crippen molar-refractivity contribution in [2.45, 2.75) is 13.0 Å². The fourth-order valence-electron chi connectivity index (χ4n) is 2.42. The summed E-state index contributed by atoms with van der Waals surface area (Å²) in [6, 6.07) is 15.2. The summed E-state index contributed by atoms with van der Waals surface area (Å²) in [5.74, 6) is -0.240. The molecule has 0 bridgehead atoms. The Labute approximate surface area is 117 Å². The van der Waals surface area contributed by atoms with Crippen molar-refractivity contribution < 1.29 is 4.39 Å². The van der Waals surface area contributed by atoms with Gasteiger partial charge in [-0.3, -0.25) is 4.98 Å². The van der Waals surface area contributed by atoms with Gasteiger partial charge in [-0.15, -0.1) is 0 Å². The molecule has 0 aliphatic carbocycles. The summed E-state index contributed by atoms with van der Waals surface area (Å²) in [6.07, 6.45) is 2.56. The number of nitrogens with zero attached hydrogens (tertiary/aromatic N) is 1. The molecule has 2 N–H and O–H groups in total. The van der Waals surface area contributed by atoms with Crippen LogP contribution in [0.4, 0.5) is 4.39 Å². The number of benzene rings is 2. The van der Waals surface area contributed by atoms with E-state index in [0.29, 0.717) is 5.56 Å². The molecule has 0 atom stereocenters. The van der Waals surface area contributed by atoms with E-state index in [4.69, 9.17) is 5.73 Å². The highest BCUT2D eigenvalue weighted by atomic mass is 19.1. The van der Waals surface area contributed by atoms with Gasteiger partial charge in [0.15, 0.2) is 0 Å². The quantitative estimate of drug-likeness (QED) is 0.789. The van der Waals surface area contributed by atoms with Crippen molar-refractivity contribution in [1.29, 1.82) is 0 Å². The predicted octanol–water partition coefficient (Wildman–Crippen LogP) is 3.42. The first-order chi connectivity index (χ1) is 9.78. The van der Waals surface area contributed by atoms with Crippen molar-refractivity contribution in [3.63, 3.8) is 0 Å². The Morgan fingerprint density at radius 1 is 1.00 bits per heavy atom. The van der Waals surface area contributed by atoms with Crippen LogP contribution < -0.4 is 5.73 Å². The number of fused-ring (bicyclic) bond motifs is 1. The molecule has 0 saturated carbocycles. The largest absolute Gasteiger partial charge is 0.326 e. The van der Waals surface area contributed by atoms with Crippen LogP contribution in [0, 0.1) is 5.82 Å². The van der Waals surface area contributed by atoms with Crippen LogP contribution in [0.25, 0.3) is 10.9 Å². The number of nitrogens with two attached hydrogens (primary N) is 1. The SMILES string of the molecule is NCc1cc(Cc2ccnc3ccccc23)ccc1F. The average molecular weight is 266 g/mol. The predicted molar refractivity (Wildman–Crippen MR) is 78.8 cm³/mol. The lowest BCUT2D eigenvalue weighted by atomic mass is 10.00. The summed E-state index contributed by atoms with van der Waals surface area (Å²) >= 11 is 0. The molecule has 0 unspecified atom stereocenters. The third-order valence-electron chi connectivity index (χ3n) is 3.46. The second kappa shape index (κ2) is 5.39. The molecule has 3 heteroatoms. The van der Waals surface area contributed by atoms with E-state index in [2.05, 4.69) is 11.1 Å². The zero-order chi connectivity index (χ0) is 13.9. The third-order valence-corrected chi connectivity index (χ3v) is 3.46. The summed E-state index contributed by atoms with van der Waals surface area (Å²) in [5, 5.41) is 1.13. The molecule has 100 valence electrons. The molecule has 20 heavy (non-hydrogen) atoms. The number of aromatic nitrogens is 1. The Balaban J connectivity index is 2.01. The molecule has 0 spiro atoms. The fourth-order valence-corrected chi connectivity index (χ4v) is 2.42. The number of rotatable bonds is 3. The van der Waals surface area contributed by atoms with E-state index in [1.165, 1.54) is 11.6 Å². The van der Waals surface area contributed by atoms with Gasteiger partial charge in [0.2, 0.25) is 0 Å². The standard InChI is InChI=1S/C17H15FN2/c18-16-6-5-12(10-14(16)11-19)9-13-7-8-20-17-4-2-1-3-15(13)17/h1-8,10H,9,11,19H2. The van der Waals surface area contributed by atoms with Crippen LogP contribution in [0.5, 0.6) is 0 Å². The van der Waals surface area contributed by atoms with Crippen LogP contribution in [-0.2, 0) is 13.0 Å². The molecule has 1 aromatic heterocycles. The smallest absolute Gasteiger partial charge is 0.127 e. The first kappa shape index (κ1) is 12.8. The second-order valence-corrected chi connectivity index (χ2v) is 4.79. The van der Waals surface area contributed by atoms with Crippen LogP contribution in [-0.4, -0.2) is 4.98 Å². The number of halogens is 1. The van der Waals surface area contributed by atoms with Crippen LogP contribution >= 0.6 is 0 Å². The Hall–Kier alpha value is -2.26. The molecule has 1 heterocycles. The van der Waals surface area contributed by atoms with Gasteiger partial charge in [-0.2, -0.15) is 0 Å². The second-order valence-electron chi connectivity index (χ2n) is 4.79. The summed E-state index contributed by atoms with van der Waals surface area (Å²) in [7, 11) is 0. The minimum absolute atomic E-state index is 0.219. The molecule has 3 rings (SSSR count). The van der Waals surface area contributed by atoms with Gasteiger partial charge in [-0.05, 0) is 35.7 Å². The molecular weight excluding hydrogens is 251 g/mol. The van der Waals surface area contributed by atoms with Crippen molar-refractivity contribution in [1.82, 2.24) is 4.98 Å². The minimum atomic E-state index is -0.240. The van der Waals surface area contributed by atoms with Gasteiger partial charge in [0.05, 0.1) is 5.52 Å². The van der Waals surface area contributed by atoms with Gasteiger partial charge >= 0.3 is 0 Å². The summed E-state index contributed by atoms with van der Waals surface area (Å²) in [4.78, 5) is 4.35. The maximum absolute atomic E-state index is 13.5. The Bertz CT molecular complexity index is 748. The monoisotopic (exact) mass is 266 g/mol. The third kappa shape index (κ3) is 2.40. The molecular formula is C17H15FN2. The van der Waals surface area contributed by atoms with Crippen LogP contribution in [0.1, 0.15) is 16.7 Å². The average Bonchev–Trinajstić information content (AvgIpc) is 2.49. The maximum Gasteiger partial charge on any atom is 0.127 e. The molecule has 2 aromatic carbocycles. The normalized spacial score (nSPS) is 10.9. The lowest BCUT2D eigenvalue weighted by molar-refractivity contribution is 0.610. The van der Waals surface area contributed by atoms with E-state index in [1.54, 1.807) is 0 Å². The van der Waals surface area contributed by atoms with E-state index in [0.717, 1.165) is 22.9 Å². The number of pyridine rings is 1. The first-order valence-electron chi connectivity index (χ1n) is 6.58. The molecule has 0 aliphatic heterocycles. The Morgan fingerprint density at radius 3 is 2.70 bits per heavy atom. The molecule has 0 fully saturated rings. The van der Waals surface area contributed by atoms with Gasteiger partial charge in [-0.1, -0.05) is 30.3 Å². The van der Waals surface area contributed by atoms with Gasteiger partial charge in [0.1, 0.15) is 5.82 Å². The summed E-state index contributed by atoms with van der Waals surface area (Å²) < 4.78 is 13.5. The van der Waals surface area contributed by atoms with Crippen LogP contribution in [0.3, 0.4) is 0 Å². The van der Waals surface area contributed by atoms with E-state index in [9.17, 15) is 4.39 Å². The maximum atomic E-state index is 13.5. The molecule has 2 nitrogen and oxygen atoms in total. The van der Waals surface area contributed by atoms with Gasteiger partial charge < -0.3 is 5.73 Å². The lowest BCUT2D eigenvalue weighted by Crippen LogP contribution is -2.01. The van der Waals surface area contributed by atoms with Gasteiger partial charge in [-0.25, -0.2) is 4.39 Å². The van der Waals surface area contributed by atoms with Gasteiger partial charge in [0.25, 0.3) is 0 Å². The molecule has 3 aromatic rings. The number of para-hydroxylation sites is 1. The van der Waals surface area contributed by atoms with Crippen molar-refractivity contribution >= 4 is 10.9 Å². The number of hydrogen-bond acceptors (Lipinski definition) is 2. The molecule has 0 amide bonds. The van der Waals surface area contributed by atoms with Crippen molar-refractivity contribution in [3.8, 4) is 0 Å². The highest BCUT2D eigenvalue weighted by molar-refractivity contribution is 5.82. The first-order valence-corrected chi connectivity index (χ1v) is 6.58. The zero-order valence-electron chi connectivity index (χ0n) is 11.0. The number of hydrogen-bond donors (Lipinski definition) is 1. The fraction of sp³-hybridized carbons (Fsp3) is 0.118. The van der Waals surface area contributed by atoms with Gasteiger partial charge in [0, 0.05) is 23.7 Å². The lowest BCUT2D eigenvalue weighted by Gasteiger charge is -2.08. The Kier molecular flexibility index (Phi) is 3.44. The van der Waals surface area contributed by atoms with E-state index >= 15 is 0 Å². The summed E-state index contributed by atoms with van der Waals surface area (Å²) in [6.45, 7) is 0.219. The molecule has 0 radical (unpaired) electrons. The van der Waals surface area contributed by atoms with Crippen molar-refractivity contribution in [2.75, 3.05) is 0 Å². The zero-order valence-corrected chi connectivity index (χ0v) is 11.0. The molecule has 0 aliphatic rings. The van der Waals surface area contributed by atoms with Crippen molar-refractivity contribution in [3.05, 3.63) is 77.2 Å². The Morgan fingerprint density at radius 2 is 1.85 bits per heavy atom.